The highest BCUT2D eigenvalue weighted by atomic mass is 35.5. The Kier molecular flexibility index (Phi) is 4.00. The minimum absolute atomic E-state index is 0.0932. The van der Waals surface area contributed by atoms with Gasteiger partial charge in [0.15, 0.2) is 5.11 Å². The van der Waals surface area contributed by atoms with E-state index in [4.69, 9.17) is 29.6 Å². The van der Waals surface area contributed by atoms with E-state index in [1.54, 1.807) is 17.1 Å². The van der Waals surface area contributed by atoms with Gasteiger partial charge in [-0.15, -0.1) is 0 Å². The highest BCUT2D eigenvalue weighted by Crippen LogP contribution is 2.34. The van der Waals surface area contributed by atoms with E-state index in [0.29, 0.717) is 17.0 Å². The zero-order valence-corrected chi connectivity index (χ0v) is 13.2. The third-order valence-electron chi connectivity index (χ3n) is 3.61. The Hall–Kier alpha value is -2.11. The molecule has 1 aliphatic heterocycles. The van der Waals surface area contributed by atoms with E-state index >= 15 is 0 Å². The summed E-state index contributed by atoms with van der Waals surface area (Å²) in [7, 11) is 0. The molecular formula is C16H14ClN3OS. The van der Waals surface area contributed by atoms with Crippen LogP contribution in [0.1, 0.15) is 23.6 Å². The quantitative estimate of drug-likeness (QED) is 0.827. The van der Waals surface area contributed by atoms with Crippen LogP contribution in [0.2, 0.25) is 5.02 Å². The average molecular weight is 332 g/mol. The van der Waals surface area contributed by atoms with Gasteiger partial charge < -0.3 is 10.8 Å². The molecule has 0 aliphatic carbocycles. The van der Waals surface area contributed by atoms with Gasteiger partial charge >= 0.3 is 0 Å². The van der Waals surface area contributed by atoms with Crippen molar-refractivity contribution in [3.05, 3.63) is 64.7 Å². The molecule has 112 valence electrons. The van der Waals surface area contributed by atoms with E-state index in [9.17, 15) is 5.11 Å². The molecular weight excluding hydrogens is 318 g/mol. The Morgan fingerprint density at radius 1 is 1.23 bits per heavy atom. The molecule has 2 aromatic rings. The van der Waals surface area contributed by atoms with Gasteiger partial charge in [0, 0.05) is 17.0 Å². The summed E-state index contributed by atoms with van der Waals surface area (Å²) in [5.74, 6) is 0.195. The molecule has 1 unspecified atom stereocenters. The Morgan fingerprint density at radius 3 is 2.55 bits per heavy atom. The summed E-state index contributed by atoms with van der Waals surface area (Å²) in [6.45, 7) is 0. The second kappa shape index (κ2) is 5.94. The van der Waals surface area contributed by atoms with E-state index in [2.05, 4.69) is 5.10 Å². The molecule has 4 nitrogen and oxygen atoms in total. The van der Waals surface area contributed by atoms with Crippen LogP contribution in [0.3, 0.4) is 0 Å². The van der Waals surface area contributed by atoms with Crippen LogP contribution in [0.4, 0.5) is 0 Å². The van der Waals surface area contributed by atoms with Crippen LogP contribution in [0.25, 0.3) is 0 Å². The molecule has 2 aromatic carbocycles. The zero-order valence-electron chi connectivity index (χ0n) is 11.6. The predicted molar refractivity (Wildman–Crippen MR) is 92.1 cm³/mol. The summed E-state index contributed by atoms with van der Waals surface area (Å²) in [5.41, 5.74) is 8.27. The average Bonchev–Trinajstić information content (AvgIpc) is 2.93. The molecule has 0 saturated carbocycles. The second-order valence-corrected chi connectivity index (χ2v) is 5.87. The zero-order chi connectivity index (χ0) is 15.7. The predicted octanol–water partition coefficient (Wildman–Crippen LogP) is 3.44. The number of hydrogen-bond acceptors (Lipinski definition) is 3. The molecule has 0 bridgehead atoms. The fraction of sp³-hybridized carbons (Fsp3) is 0.125. The van der Waals surface area contributed by atoms with Crippen molar-refractivity contribution < 1.29 is 5.11 Å². The molecule has 0 spiro atoms. The Balaban J connectivity index is 1.96. The third-order valence-corrected chi connectivity index (χ3v) is 4.04. The smallest absolute Gasteiger partial charge is 0.187 e. The van der Waals surface area contributed by atoms with Gasteiger partial charge in [-0.2, -0.15) is 5.10 Å². The van der Waals surface area contributed by atoms with Crippen LogP contribution >= 0.6 is 23.8 Å². The van der Waals surface area contributed by atoms with Crippen molar-refractivity contribution >= 4 is 34.6 Å². The normalized spacial score (nSPS) is 17.4. The van der Waals surface area contributed by atoms with Crippen molar-refractivity contribution in [3.63, 3.8) is 0 Å². The SMILES string of the molecule is NC(=S)N1N=C(c2ccccc2O)CC1c1ccc(Cl)cc1. The molecule has 0 saturated heterocycles. The van der Waals surface area contributed by atoms with Crippen LogP contribution in [0.5, 0.6) is 5.75 Å². The summed E-state index contributed by atoms with van der Waals surface area (Å²) in [4.78, 5) is 0. The summed E-state index contributed by atoms with van der Waals surface area (Å²) in [5, 5.41) is 17.0. The number of thiocarbonyl (C=S) groups is 1. The van der Waals surface area contributed by atoms with Gasteiger partial charge in [0.1, 0.15) is 5.75 Å². The molecule has 0 fully saturated rings. The first-order valence-corrected chi connectivity index (χ1v) is 7.55. The van der Waals surface area contributed by atoms with Crippen molar-refractivity contribution in [2.75, 3.05) is 0 Å². The number of rotatable bonds is 2. The number of phenols is 1. The molecule has 1 atom stereocenters. The van der Waals surface area contributed by atoms with Crippen molar-refractivity contribution in [3.8, 4) is 5.75 Å². The molecule has 22 heavy (non-hydrogen) atoms. The number of nitrogens with two attached hydrogens (primary N) is 1. The first-order chi connectivity index (χ1) is 10.6. The van der Waals surface area contributed by atoms with Gasteiger partial charge in [-0.1, -0.05) is 35.9 Å². The van der Waals surface area contributed by atoms with Gasteiger partial charge in [0.2, 0.25) is 0 Å². The number of halogens is 1. The first kappa shape index (κ1) is 14.8. The lowest BCUT2D eigenvalue weighted by molar-refractivity contribution is 0.373. The highest BCUT2D eigenvalue weighted by Gasteiger charge is 2.31. The van der Waals surface area contributed by atoms with Crippen molar-refractivity contribution in [2.24, 2.45) is 10.8 Å². The Morgan fingerprint density at radius 2 is 1.91 bits per heavy atom. The number of hydrazone groups is 1. The molecule has 1 aliphatic rings. The monoisotopic (exact) mass is 331 g/mol. The lowest BCUT2D eigenvalue weighted by Gasteiger charge is -2.21. The molecule has 0 radical (unpaired) electrons. The van der Waals surface area contributed by atoms with E-state index in [0.717, 1.165) is 11.3 Å². The van der Waals surface area contributed by atoms with Gasteiger partial charge in [-0.25, -0.2) is 5.01 Å². The van der Waals surface area contributed by atoms with Crippen molar-refractivity contribution in [1.82, 2.24) is 5.01 Å². The number of benzene rings is 2. The van der Waals surface area contributed by atoms with Crippen LogP contribution in [-0.2, 0) is 0 Å². The van der Waals surface area contributed by atoms with Crippen LogP contribution in [0.15, 0.2) is 53.6 Å². The number of hydrogen-bond donors (Lipinski definition) is 2. The van der Waals surface area contributed by atoms with Crippen LogP contribution in [0, 0.1) is 0 Å². The largest absolute Gasteiger partial charge is 0.507 e. The number of aromatic hydroxyl groups is 1. The van der Waals surface area contributed by atoms with Crippen LogP contribution in [-0.4, -0.2) is 20.9 Å². The lowest BCUT2D eigenvalue weighted by Crippen LogP contribution is -2.31. The standard InChI is InChI=1S/C16H14ClN3OS/c17-11-7-5-10(6-8-11)14-9-13(19-20(14)16(18)22)12-3-1-2-4-15(12)21/h1-8,14,21H,9H2,(H2,18,22). The summed E-state index contributed by atoms with van der Waals surface area (Å²) in [6.07, 6.45) is 0.608. The lowest BCUT2D eigenvalue weighted by atomic mass is 9.98. The molecule has 1 heterocycles. The van der Waals surface area contributed by atoms with Crippen molar-refractivity contribution in [2.45, 2.75) is 12.5 Å². The Labute approximate surface area is 138 Å². The molecule has 3 rings (SSSR count). The van der Waals surface area contributed by atoms with Gasteiger partial charge in [-0.05, 0) is 42.0 Å². The van der Waals surface area contributed by atoms with Gasteiger partial charge in [0.05, 0.1) is 11.8 Å². The van der Waals surface area contributed by atoms with Gasteiger partial charge in [0.25, 0.3) is 0 Å². The fourth-order valence-corrected chi connectivity index (χ4v) is 2.83. The number of phenolic OH excluding ortho intramolecular Hbond substituents is 1. The third kappa shape index (κ3) is 2.77. The molecule has 6 heteroatoms. The van der Waals surface area contributed by atoms with Gasteiger partial charge in [-0.3, -0.25) is 0 Å². The van der Waals surface area contributed by atoms with E-state index < -0.39 is 0 Å². The molecule has 0 aromatic heterocycles. The number of para-hydroxylation sites is 1. The topological polar surface area (TPSA) is 61.8 Å². The minimum Gasteiger partial charge on any atom is -0.507 e. The van der Waals surface area contributed by atoms with Crippen molar-refractivity contribution in [1.29, 1.82) is 0 Å². The summed E-state index contributed by atoms with van der Waals surface area (Å²) >= 11 is 11.0. The molecule has 3 N–H and O–H groups in total. The van der Waals surface area contributed by atoms with E-state index in [-0.39, 0.29) is 16.9 Å². The maximum Gasteiger partial charge on any atom is 0.187 e. The first-order valence-electron chi connectivity index (χ1n) is 6.76. The minimum atomic E-state index is -0.0932. The second-order valence-electron chi connectivity index (χ2n) is 5.02. The summed E-state index contributed by atoms with van der Waals surface area (Å²) in [6, 6.07) is 14.5. The van der Waals surface area contributed by atoms with Crippen LogP contribution < -0.4 is 5.73 Å². The molecule has 0 amide bonds. The Bertz CT molecular complexity index is 745. The van der Waals surface area contributed by atoms with E-state index in [1.165, 1.54) is 0 Å². The fourth-order valence-electron chi connectivity index (χ4n) is 2.54. The highest BCUT2D eigenvalue weighted by molar-refractivity contribution is 7.80. The number of nitrogens with zero attached hydrogens (tertiary/aromatic N) is 2. The summed E-state index contributed by atoms with van der Waals surface area (Å²) < 4.78 is 0. The van der Waals surface area contributed by atoms with E-state index in [1.807, 2.05) is 36.4 Å². The maximum absolute atomic E-state index is 10.0. The maximum atomic E-state index is 10.0.